The Hall–Kier alpha value is -1.28. The number of rotatable bonds is 3. The lowest BCUT2D eigenvalue weighted by Crippen LogP contribution is -2.32. The van der Waals surface area contributed by atoms with E-state index < -0.39 is 0 Å². The highest BCUT2D eigenvalue weighted by atomic mass is 16.3. The Bertz CT molecular complexity index is 572. The highest BCUT2D eigenvalue weighted by molar-refractivity contribution is 5.82. The molecule has 1 N–H and O–H groups in total. The molecular weight excluding hydrogens is 234 g/mol. The largest absolute Gasteiger partial charge is 0.461 e. The van der Waals surface area contributed by atoms with E-state index in [2.05, 4.69) is 38.2 Å². The SMILES string of the molecule is Cc1oc2ccccc2c1CNC1CCC(C)C1C. The Kier molecular flexibility index (Phi) is 3.36. The minimum absolute atomic E-state index is 0.656. The van der Waals surface area contributed by atoms with Gasteiger partial charge in [0, 0.05) is 23.5 Å². The molecule has 1 aromatic carbocycles. The van der Waals surface area contributed by atoms with Crippen molar-refractivity contribution in [3.63, 3.8) is 0 Å². The van der Waals surface area contributed by atoms with E-state index >= 15 is 0 Å². The van der Waals surface area contributed by atoms with Crippen LogP contribution in [-0.2, 0) is 6.54 Å². The fourth-order valence-corrected chi connectivity index (χ4v) is 3.33. The van der Waals surface area contributed by atoms with Gasteiger partial charge in [0.25, 0.3) is 0 Å². The average molecular weight is 257 g/mol. The molecule has 0 radical (unpaired) electrons. The summed E-state index contributed by atoms with van der Waals surface area (Å²) < 4.78 is 5.82. The zero-order valence-corrected chi connectivity index (χ0v) is 12.1. The number of nitrogens with one attached hydrogen (secondary N) is 1. The summed E-state index contributed by atoms with van der Waals surface area (Å²) in [6.07, 6.45) is 2.65. The van der Waals surface area contributed by atoms with Gasteiger partial charge in [-0.1, -0.05) is 32.0 Å². The van der Waals surface area contributed by atoms with Crippen molar-refractivity contribution in [3.8, 4) is 0 Å². The molecule has 0 amide bonds. The quantitative estimate of drug-likeness (QED) is 0.888. The van der Waals surface area contributed by atoms with Crippen LogP contribution in [0.25, 0.3) is 11.0 Å². The summed E-state index contributed by atoms with van der Waals surface area (Å²) in [6.45, 7) is 7.72. The lowest BCUT2D eigenvalue weighted by Gasteiger charge is -2.19. The summed E-state index contributed by atoms with van der Waals surface area (Å²) in [5, 5.41) is 4.99. The fourth-order valence-electron chi connectivity index (χ4n) is 3.33. The van der Waals surface area contributed by atoms with Crippen LogP contribution in [0.15, 0.2) is 28.7 Å². The highest BCUT2D eigenvalue weighted by Gasteiger charge is 2.29. The second-order valence-corrected chi connectivity index (χ2v) is 6.03. The normalized spacial score (nSPS) is 27.2. The van der Waals surface area contributed by atoms with Crippen LogP contribution < -0.4 is 5.32 Å². The number of para-hydroxylation sites is 1. The molecule has 1 heterocycles. The summed E-state index contributed by atoms with van der Waals surface area (Å²) in [4.78, 5) is 0. The molecule has 0 saturated heterocycles. The van der Waals surface area contributed by atoms with Crippen LogP contribution in [0.2, 0.25) is 0 Å². The van der Waals surface area contributed by atoms with E-state index in [9.17, 15) is 0 Å². The average Bonchev–Trinajstić information content (AvgIpc) is 2.89. The van der Waals surface area contributed by atoms with Gasteiger partial charge in [0.1, 0.15) is 11.3 Å². The third-order valence-electron chi connectivity index (χ3n) is 4.91. The maximum atomic E-state index is 5.82. The van der Waals surface area contributed by atoms with Gasteiger partial charge in [-0.05, 0) is 37.7 Å². The van der Waals surface area contributed by atoms with E-state index in [1.165, 1.54) is 23.8 Å². The monoisotopic (exact) mass is 257 g/mol. The lowest BCUT2D eigenvalue weighted by molar-refractivity contribution is 0.369. The van der Waals surface area contributed by atoms with Crippen LogP contribution in [0.4, 0.5) is 0 Å². The van der Waals surface area contributed by atoms with E-state index in [1.54, 1.807) is 0 Å². The lowest BCUT2D eigenvalue weighted by atomic mass is 9.97. The molecular formula is C17H23NO. The van der Waals surface area contributed by atoms with Crippen LogP contribution in [0, 0.1) is 18.8 Å². The minimum atomic E-state index is 0.656. The first-order valence-electron chi connectivity index (χ1n) is 7.37. The summed E-state index contributed by atoms with van der Waals surface area (Å²) in [7, 11) is 0. The van der Waals surface area contributed by atoms with Crippen LogP contribution in [0.3, 0.4) is 0 Å². The van der Waals surface area contributed by atoms with Gasteiger partial charge < -0.3 is 9.73 Å². The van der Waals surface area contributed by atoms with Gasteiger partial charge in [-0.25, -0.2) is 0 Å². The van der Waals surface area contributed by atoms with Crippen molar-refractivity contribution >= 4 is 11.0 Å². The van der Waals surface area contributed by atoms with Crippen molar-refractivity contribution < 1.29 is 4.42 Å². The predicted molar refractivity (Wildman–Crippen MR) is 79.1 cm³/mol. The molecule has 0 spiro atoms. The maximum absolute atomic E-state index is 5.82. The number of hydrogen-bond acceptors (Lipinski definition) is 2. The third kappa shape index (κ3) is 2.30. The molecule has 1 aliphatic carbocycles. The van der Waals surface area contributed by atoms with Crippen LogP contribution >= 0.6 is 0 Å². The van der Waals surface area contributed by atoms with Crippen LogP contribution in [-0.4, -0.2) is 6.04 Å². The molecule has 102 valence electrons. The summed E-state index contributed by atoms with van der Waals surface area (Å²) >= 11 is 0. The number of aryl methyl sites for hydroxylation is 1. The van der Waals surface area contributed by atoms with Crippen molar-refractivity contribution in [2.75, 3.05) is 0 Å². The molecule has 1 saturated carbocycles. The van der Waals surface area contributed by atoms with Crippen molar-refractivity contribution in [2.45, 2.75) is 46.2 Å². The van der Waals surface area contributed by atoms with Gasteiger partial charge in [0.15, 0.2) is 0 Å². The topological polar surface area (TPSA) is 25.2 Å². The highest BCUT2D eigenvalue weighted by Crippen LogP contribution is 2.32. The number of hydrogen-bond donors (Lipinski definition) is 1. The first-order valence-corrected chi connectivity index (χ1v) is 7.37. The number of benzene rings is 1. The Morgan fingerprint density at radius 1 is 1.21 bits per heavy atom. The van der Waals surface area contributed by atoms with Crippen LogP contribution in [0.1, 0.15) is 38.0 Å². The summed E-state index contributed by atoms with van der Waals surface area (Å²) in [6, 6.07) is 8.97. The molecule has 0 bridgehead atoms. The fraction of sp³-hybridized carbons (Fsp3) is 0.529. The van der Waals surface area contributed by atoms with Gasteiger partial charge in [-0.15, -0.1) is 0 Å². The van der Waals surface area contributed by atoms with Crippen molar-refractivity contribution in [3.05, 3.63) is 35.6 Å². The molecule has 1 fully saturated rings. The van der Waals surface area contributed by atoms with Crippen molar-refractivity contribution in [1.29, 1.82) is 0 Å². The summed E-state index contributed by atoms with van der Waals surface area (Å²) in [5.74, 6) is 2.67. The second-order valence-electron chi connectivity index (χ2n) is 6.03. The van der Waals surface area contributed by atoms with Gasteiger partial charge in [0.2, 0.25) is 0 Å². The number of furan rings is 1. The van der Waals surface area contributed by atoms with E-state index in [-0.39, 0.29) is 0 Å². The zero-order valence-electron chi connectivity index (χ0n) is 12.1. The van der Waals surface area contributed by atoms with Gasteiger partial charge >= 0.3 is 0 Å². The van der Waals surface area contributed by atoms with Crippen molar-refractivity contribution in [1.82, 2.24) is 5.32 Å². The first kappa shape index (κ1) is 12.7. The molecule has 2 heteroatoms. The maximum Gasteiger partial charge on any atom is 0.134 e. The smallest absolute Gasteiger partial charge is 0.134 e. The molecule has 3 rings (SSSR count). The summed E-state index contributed by atoms with van der Waals surface area (Å²) in [5.41, 5.74) is 2.33. The second kappa shape index (κ2) is 5.01. The van der Waals surface area contributed by atoms with Gasteiger partial charge in [-0.3, -0.25) is 0 Å². The molecule has 2 aromatic rings. The Labute approximate surface area is 115 Å². The Morgan fingerprint density at radius 2 is 2.00 bits per heavy atom. The van der Waals surface area contributed by atoms with E-state index in [1.807, 2.05) is 12.1 Å². The Balaban J connectivity index is 1.77. The molecule has 19 heavy (non-hydrogen) atoms. The first-order chi connectivity index (χ1) is 9.16. The molecule has 3 atom stereocenters. The number of fused-ring (bicyclic) bond motifs is 1. The molecule has 3 unspecified atom stereocenters. The predicted octanol–water partition coefficient (Wildman–Crippen LogP) is 4.27. The van der Waals surface area contributed by atoms with Gasteiger partial charge in [0.05, 0.1) is 0 Å². The van der Waals surface area contributed by atoms with Crippen molar-refractivity contribution in [2.24, 2.45) is 11.8 Å². The minimum Gasteiger partial charge on any atom is -0.461 e. The van der Waals surface area contributed by atoms with E-state index in [4.69, 9.17) is 4.42 Å². The molecule has 0 aliphatic heterocycles. The standard InChI is InChI=1S/C17H23NO/c1-11-8-9-16(12(11)2)18-10-15-13(3)19-17-7-5-4-6-14(15)17/h4-7,11-12,16,18H,8-10H2,1-3H3. The molecule has 1 aromatic heterocycles. The van der Waals surface area contributed by atoms with Gasteiger partial charge in [-0.2, -0.15) is 0 Å². The van der Waals surface area contributed by atoms with E-state index in [0.717, 1.165) is 29.7 Å². The van der Waals surface area contributed by atoms with Crippen LogP contribution in [0.5, 0.6) is 0 Å². The zero-order chi connectivity index (χ0) is 13.4. The molecule has 2 nitrogen and oxygen atoms in total. The van der Waals surface area contributed by atoms with E-state index in [0.29, 0.717) is 6.04 Å². The Morgan fingerprint density at radius 3 is 2.74 bits per heavy atom. The third-order valence-corrected chi connectivity index (χ3v) is 4.91. The molecule has 1 aliphatic rings.